The van der Waals surface area contributed by atoms with Crippen molar-refractivity contribution in [2.24, 2.45) is 0 Å². The summed E-state index contributed by atoms with van der Waals surface area (Å²) in [5.41, 5.74) is 3.45. The number of H-pyrrole nitrogens is 1. The number of carbonyl (C=O) groups excluding carboxylic acids is 1. The zero-order valence-electron chi connectivity index (χ0n) is 13.7. The van der Waals surface area contributed by atoms with Crippen LogP contribution in [-0.2, 0) is 17.8 Å². The standard InChI is InChI=1S/C19H17FN2O3/c1-11-14(15-7-13(20)3-4-16(15)22-11)8-19(23)21-9-12-2-5-17-18(6-12)25-10-24-17/h2-7,22H,8-10H2,1H3,(H,21,23). The third-order valence-electron chi connectivity index (χ3n) is 4.35. The van der Waals surface area contributed by atoms with E-state index < -0.39 is 0 Å². The van der Waals surface area contributed by atoms with Crippen LogP contribution in [0.25, 0.3) is 10.9 Å². The monoisotopic (exact) mass is 340 g/mol. The molecule has 0 saturated carbocycles. The molecule has 0 spiro atoms. The van der Waals surface area contributed by atoms with Crippen molar-refractivity contribution in [1.29, 1.82) is 0 Å². The fraction of sp³-hybridized carbons (Fsp3) is 0.211. The van der Waals surface area contributed by atoms with Gasteiger partial charge in [-0.3, -0.25) is 4.79 Å². The second-order valence-electron chi connectivity index (χ2n) is 6.06. The van der Waals surface area contributed by atoms with E-state index in [1.807, 2.05) is 25.1 Å². The van der Waals surface area contributed by atoms with Gasteiger partial charge in [-0.1, -0.05) is 6.07 Å². The average molecular weight is 340 g/mol. The number of aryl methyl sites for hydroxylation is 1. The first-order chi connectivity index (χ1) is 12.1. The minimum absolute atomic E-state index is 0.120. The molecular weight excluding hydrogens is 323 g/mol. The van der Waals surface area contributed by atoms with Gasteiger partial charge in [-0.25, -0.2) is 4.39 Å². The van der Waals surface area contributed by atoms with E-state index in [4.69, 9.17) is 9.47 Å². The van der Waals surface area contributed by atoms with Gasteiger partial charge in [0.2, 0.25) is 12.7 Å². The van der Waals surface area contributed by atoms with Crippen molar-refractivity contribution in [3.63, 3.8) is 0 Å². The van der Waals surface area contributed by atoms with Crippen LogP contribution < -0.4 is 14.8 Å². The van der Waals surface area contributed by atoms with Crippen molar-refractivity contribution >= 4 is 16.8 Å². The Morgan fingerprint density at radius 3 is 2.92 bits per heavy atom. The molecule has 0 unspecified atom stereocenters. The first-order valence-electron chi connectivity index (χ1n) is 8.02. The number of carbonyl (C=O) groups is 1. The van der Waals surface area contributed by atoms with Crippen molar-refractivity contribution in [2.75, 3.05) is 6.79 Å². The first kappa shape index (κ1) is 15.5. The number of benzene rings is 2. The molecular formula is C19H17FN2O3. The maximum Gasteiger partial charge on any atom is 0.231 e. The number of aromatic nitrogens is 1. The maximum atomic E-state index is 13.5. The molecule has 2 heterocycles. The molecule has 4 rings (SSSR count). The molecule has 0 bridgehead atoms. The molecule has 25 heavy (non-hydrogen) atoms. The summed E-state index contributed by atoms with van der Waals surface area (Å²) in [4.78, 5) is 15.5. The molecule has 0 radical (unpaired) electrons. The molecule has 0 saturated heterocycles. The second kappa shape index (κ2) is 6.12. The van der Waals surface area contributed by atoms with Crippen molar-refractivity contribution < 1.29 is 18.7 Å². The maximum absolute atomic E-state index is 13.5. The lowest BCUT2D eigenvalue weighted by atomic mass is 10.1. The summed E-state index contributed by atoms with van der Waals surface area (Å²) >= 11 is 0. The number of amides is 1. The van der Waals surface area contributed by atoms with Gasteiger partial charge >= 0.3 is 0 Å². The molecule has 2 N–H and O–H groups in total. The van der Waals surface area contributed by atoms with Crippen molar-refractivity contribution in [3.05, 3.63) is 59.0 Å². The molecule has 6 heteroatoms. The quantitative estimate of drug-likeness (QED) is 0.767. The minimum atomic E-state index is -0.312. The largest absolute Gasteiger partial charge is 0.454 e. The summed E-state index contributed by atoms with van der Waals surface area (Å²) < 4.78 is 24.1. The van der Waals surface area contributed by atoms with E-state index >= 15 is 0 Å². The molecule has 128 valence electrons. The van der Waals surface area contributed by atoms with Crippen LogP contribution in [0.2, 0.25) is 0 Å². The summed E-state index contributed by atoms with van der Waals surface area (Å²) in [5, 5.41) is 3.64. The summed E-state index contributed by atoms with van der Waals surface area (Å²) in [7, 11) is 0. The van der Waals surface area contributed by atoms with Crippen LogP contribution in [0.15, 0.2) is 36.4 Å². The lowest BCUT2D eigenvalue weighted by molar-refractivity contribution is -0.120. The minimum Gasteiger partial charge on any atom is -0.454 e. The van der Waals surface area contributed by atoms with E-state index in [0.29, 0.717) is 18.0 Å². The van der Waals surface area contributed by atoms with E-state index in [9.17, 15) is 9.18 Å². The Morgan fingerprint density at radius 1 is 1.20 bits per heavy atom. The number of ether oxygens (including phenoxy) is 2. The Morgan fingerprint density at radius 2 is 2.04 bits per heavy atom. The van der Waals surface area contributed by atoms with Crippen molar-refractivity contribution in [2.45, 2.75) is 19.9 Å². The Balaban J connectivity index is 1.46. The van der Waals surface area contributed by atoms with Gasteiger partial charge in [0.15, 0.2) is 11.5 Å². The second-order valence-corrected chi connectivity index (χ2v) is 6.06. The van der Waals surface area contributed by atoms with Crippen LogP contribution in [0.4, 0.5) is 4.39 Å². The molecule has 5 nitrogen and oxygen atoms in total. The molecule has 1 amide bonds. The van der Waals surface area contributed by atoms with Gasteiger partial charge in [-0.05, 0) is 48.4 Å². The van der Waals surface area contributed by atoms with E-state index in [-0.39, 0.29) is 24.9 Å². The summed E-state index contributed by atoms with van der Waals surface area (Å²) in [5.74, 6) is 0.973. The Labute approximate surface area is 143 Å². The SMILES string of the molecule is Cc1[nH]c2ccc(F)cc2c1CC(=O)NCc1ccc2c(c1)OCO2. The lowest BCUT2D eigenvalue weighted by Crippen LogP contribution is -2.24. The zero-order chi connectivity index (χ0) is 17.4. The Bertz CT molecular complexity index is 965. The third-order valence-corrected chi connectivity index (χ3v) is 4.35. The van der Waals surface area contributed by atoms with Gasteiger partial charge < -0.3 is 19.8 Å². The van der Waals surface area contributed by atoms with Gasteiger partial charge in [0.05, 0.1) is 6.42 Å². The van der Waals surface area contributed by atoms with Crippen LogP contribution in [0, 0.1) is 12.7 Å². The van der Waals surface area contributed by atoms with E-state index in [1.165, 1.54) is 12.1 Å². The molecule has 2 aromatic carbocycles. The van der Waals surface area contributed by atoms with E-state index in [0.717, 1.165) is 27.7 Å². The number of fused-ring (bicyclic) bond motifs is 2. The molecule has 1 aliphatic rings. The predicted molar refractivity (Wildman–Crippen MR) is 91.1 cm³/mol. The van der Waals surface area contributed by atoms with Gasteiger partial charge in [0.1, 0.15) is 5.82 Å². The molecule has 0 atom stereocenters. The molecule has 1 aromatic heterocycles. The number of aromatic amines is 1. The Hall–Kier alpha value is -3.02. The van der Waals surface area contributed by atoms with Crippen LogP contribution in [0.3, 0.4) is 0 Å². The molecule has 0 fully saturated rings. The molecule has 3 aromatic rings. The normalized spacial score (nSPS) is 12.6. The van der Waals surface area contributed by atoms with Gasteiger partial charge in [0.25, 0.3) is 0 Å². The average Bonchev–Trinajstić information content (AvgIpc) is 3.17. The zero-order valence-corrected chi connectivity index (χ0v) is 13.7. The van der Waals surface area contributed by atoms with Gasteiger partial charge in [-0.15, -0.1) is 0 Å². The highest BCUT2D eigenvalue weighted by Crippen LogP contribution is 2.32. The number of nitrogens with one attached hydrogen (secondary N) is 2. The van der Waals surface area contributed by atoms with Gasteiger partial charge in [0, 0.05) is 23.1 Å². The number of hydrogen-bond acceptors (Lipinski definition) is 3. The number of hydrogen-bond donors (Lipinski definition) is 2. The fourth-order valence-electron chi connectivity index (χ4n) is 3.06. The highest BCUT2D eigenvalue weighted by Gasteiger charge is 2.15. The fourth-order valence-corrected chi connectivity index (χ4v) is 3.06. The van der Waals surface area contributed by atoms with Crippen LogP contribution in [-0.4, -0.2) is 17.7 Å². The summed E-state index contributed by atoms with van der Waals surface area (Å²) in [6.45, 7) is 2.51. The predicted octanol–water partition coefficient (Wildman–Crippen LogP) is 3.20. The summed E-state index contributed by atoms with van der Waals surface area (Å²) in [6.07, 6.45) is 0.194. The molecule has 0 aliphatic carbocycles. The van der Waals surface area contributed by atoms with Crippen molar-refractivity contribution in [3.8, 4) is 11.5 Å². The lowest BCUT2D eigenvalue weighted by Gasteiger charge is -2.07. The van der Waals surface area contributed by atoms with Crippen LogP contribution >= 0.6 is 0 Å². The number of rotatable bonds is 4. The highest BCUT2D eigenvalue weighted by atomic mass is 19.1. The highest BCUT2D eigenvalue weighted by molar-refractivity contribution is 5.90. The first-order valence-corrected chi connectivity index (χ1v) is 8.02. The summed E-state index contributed by atoms with van der Waals surface area (Å²) in [6, 6.07) is 10.1. The van der Waals surface area contributed by atoms with E-state index in [1.54, 1.807) is 6.07 Å². The number of halogens is 1. The van der Waals surface area contributed by atoms with E-state index in [2.05, 4.69) is 10.3 Å². The molecule has 1 aliphatic heterocycles. The van der Waals surface area contributed by atoms with Crippen molar-refractivity contribution in [1.82, 2.24) is 10.3 Å². The smallest absolute Gasteiger partial charge is 0.231 e. The topological polar surface area (TPSA) is 63.4 Å². The third kappa shape index (κ3) is 3.03. The Kier molecular flexibility index (Phi) is 3.80. The van der Waals surface area contributed by atoms with Crippen LogP contribution in [0.5, 0.6) is 11.5 Å². The van der Waals surface area contributed by atoms with Crippen LogP contribution in [0.1, 0.15) is 16.8 Å². The van der Waals surface area contributed by atoms with Gasteiger partial charge in [-0.2, -0.15) is 0 Å².